The summed E-state index contributed by atoms with van der Waals surface area (Å²) in [5.74, 6) is 1.86. The van der Waals surface area contributed by atoms with Crippen molar-refractivity contribution in [3.05, 3.63) is 42.2 Å². The van der Waals surface area contributed by atoms with Crippen LogP contribution in [0.4, 0.5) is 0 Å². The van der Waals surface area contributed by atoms with Crippen LogP contribution in [-0.2, 0) is 11.3 Å². The second kappa shape index (κ2) is 5.84. The molecule has 0 radical (unpaired) electrons. The predicted octanol–water partition coefficient (Wildman–Crippen LogP) is 1.94. The van der Waals surface area contributed by atoms with E-state index in [0.29, 0.717) is 17.7 Å². The lowest BCUT2D eigenvalue weighted by Gasteiger charge is -2.36. The number of rotatable bonds is 3. The number of piperazine rings is 1. The van der Waals surface area contributed by atoms with E-state index in [9.17, 15) is 4.79 Å². The molecule has 3 atom stereocenters. The van der Waals surface area contributed by atoms with Gasteiger partial charge in [0, 0.05) is 51.0 Å². The summed E-state index contributed by atoms with van der Waals surface area (Å²) in [5, 5.41) is 0. The molecule has 1 saturated carbocycles. The summed E-state index contributed by atoms with van der Waals surface area (Å²) >= 11 is 0. The lowest BCUT2D eigenvalue weighted by Crippen LogP contribution is -2.50. The number of carbonyl (C=O) groups excluding carboxylic acids is 1. The highest BCUT2D eigenvalue weighted by atomic mass is 16.2. The Morgan fingerprint density at radius 3 is 2.50 bits per heavy atom. The van der Waals surface area contributed by atoms with Gasteiger partial charge in [0.05, 0.1) is 0 Å². The Labute approximate surface area is 131 Å². The van der Waals surface area contributed by atoms with Crippen LogP contribution in [0.2, 0.25) is 0 Å². The van der Waals surface area contributed by atoms with Crippen LogP contribution in [-0.4, -0.2) is 46.9 Å². The Kier molecular flexibility index (Phi) is 3.70. The zero-order valence-corrected chi connectivity index (χ0v) is 12.9. The summed E-state index contributed by atoms with van der Waals surface area (Å²) in [5.41, 5.74) is 1.30. The normalized spacial score (nSPS) is 30.9. The molecule has 0 spiro atoms. The number of hydrogen-bond donors (Lipinski definition) is 0. The van der Waals surface area contributed by atoms with E-state index >= 15 is 0 Å². The minimum Gasteiger partial charge on any atom is -0.340 e. The largest absolute Gasteiger partial charge is 0.340 e. The molecule has 4 nitrogen and oxygen atoms in total. The van der Waals surface area contributed by atoms with Crippen LogP contribution < -0.4 is 0 Å². The summed E-state index contributed by atoms with van der Waals surface area (Å²) in [6.07, 6.45) is 10.6. The highest BCUT2D eigenvalue weighted by Gasteiger charge is 2.41. The van der Waals surface area contributed by atoms with Gasteiger partial charge in [-0.25, -0.2) is 0 Å². The van der Waals surface area contributed by atoms with E-state index in [2.05, 4.69) is 39.1 Å². The van der Waals surface area contributed by atoms with E-state index in [1.807, 2.05) is 12.4 Å². The van der Waals surface area contributed by atoms with Crippen molar-refractivity contribution in [3.8, 4) is 0 Å². The molecular weight excluding hydrogens is 274 g/mol. The molecule has 2 bridgehead atoms. The van der Waals surface area contributed by atoms with Gasteiger partial charge in [-0.05, 0) is 42.4 Å². The fraction of sp³-hybridized carbons (Fsp3) is 0.556. The third-order valence-corrected chi connectivity index (χ3v) is 5.44. The SMILES string of the molecule is O=C(C1CC2C=CC1C2)N1CCN(Cc2ccncc2)CC1. The van der Waals surface area contributed by atoms with Crippen LogP contribution in [0.25, 0.3) is 0 Å². The van der Waals surface area contributed by atoms with E-state index < -0.39 is 0 Å². The van der Waals surface area contributed by atoms with Gasteiger partial charge in [0.15, 0.2) is 0 Å². The molecule has 1 saturated heterocycles. The molecule has 4 rings (SSSR count). The number of carbonyl (C=O) groups is 1. The number of hydrogen-bond acceptors (Lipinski definition) is 3. The first-order valence-electron chi connectivity index (χ1n) is 8.38. The zero-order valence-electron chi connectivity index (χ0n) is 12.9. The van der Waals surface area contributed by atoms with Crippen LogP contribution in [0.3, 0.4) is 0 Å². The third-order valence-electron chi connectivity index (χ3n) is 5.44. The number of allylic oxidation sites excluding steroid dienone is 2. The first kappa shape index (κ1) is 13.9. The summed E-state index contributed by atoms with van der Waals surface area (Å²) in [4.78, 5) is 21.3. The second-order valence-corrected chi connectivity index (χ2v) is 6.84. The minimum atomic E-state index is 0.266. The number of aromatic nitrogens is 1. The van der Waals surface area contributed by atoms with Crippen LogP contribution in [0.5, 0.6) is 0 Å². The summed E-state index contributed by atoms with van der Waals surface area (Å²) in [6.45, 7) is 4.67. The van der Waals surface area contributed by atoms with Crippen LogP contribution in [0, 0.1) is 17.8 Å². The molecule has 2 fully saturated rings. The van der Waals surface area contributed by atoms with Gasteiger partial charge in [-0.3, -0.25) is 14.7 Å². The van der Waals surface area contributed by atoms with Crippen molar-refractivity contribution in [1.82, 2.24) is 14.8 Å². The molecule has 4 heteroatoms. The molecule has 1 aromatic heterocycles. The zero-order chi connectivity index (χ0) is 14.9. The molecule has 22 heavy (non-hydrogen) atoms. The number of amides is 1. The topological polar surface area (TPSA) is 36.4 Å². The van der Waals surface area contributed by atoms with Gasteiger partial charge < -0.3 is 4.90 Å². The molecule has 116 valence electrons. The molecule has 2 heterocycles. The fourth-order valence-corrected chi connectivity index (χ4v) is 4.17. The van der Waals surface area contributed by atoms with Crippen molar-refractivity contribution in [2.45, 2.75) is 19.4 Å². The molecule has 1 aromatic rings. The van der Waals surface area contributed by atoms with Crippen molar-refractivity contribution < 1.29 is 4.79 Å². The lowest BCUT2D eigenvalue weighted by atomic mass is 9.92. The predicted molar refractivity (Wildman–Crippen MR) is 84.9 cm³/mol. The van der Waals surface area contributed by atoms with Crippen LogP contribution in [0.15, 0.2) is 36.7 Å². The lowest BCUT2D eigenvalue weighted by molar-refractivity contribution is -0.138. The molecule has 1 amide bonds. The average Bonchev–Trinajstić information content (AvgIpc) is 3.19. The van der Waals surface area contributed by atoms with Gasteiger partial charge in [0.25, 0.3) is 0 Å². The highest BCUT2D eigenvalue weighted by Crippen LogP contribution is 2.44. The Morgan fingerprint density at radius 2 is 1.86 bits per heavy atom. The van der Waals surface area contributed by atoms with E-state index in [-0.39, 0.29) is 5.92 Å². The Morgan fingerprint density at radius 1 is 1.09 bits per heavy atom. The van der Waals surface area contributed by atoms with Crippen molar-refractivity contribution in [1.29, 1.82) is 0 Å². The maximum atomic E-state index is 12.7. The smallest absolute Gasteiger partial charge is 0.226 e. The highest BCUT2D eigenvalue weighted by molar-refractivity contribution is 5.80. The molecular formula is C18H23N3O. The van der Waals surface area contributed by atoms with Crippen LogP contribution in [0.1, 0.15) is 18.4 Å². The number of fused-ring (bicyclic) bond motifs is 2. The maximum absolute atomic E-state index is 12.7. The monoisotopic (exact) mass is 297 g/mol. The third kappa shape index (κ3) is 2.68. The van der Waals surface area contributed by atoms with Crippen molar-refractivity contribution in [2.24, 2.45) is 17.8 Å². The molecule has 0 aromatic carbocycles. The van der Waals surface area contributed by atoms with Gasteiger partial charge in [0.2, 0.25) is 5.91 Å². The van der Waals surface area contributed by atoms with Gasteiger partial charge in [0.1, 0.15) is 0 Å². The summed E-state index contributed by atoms with van der Waals surface area (Å²) in [6, 6.07) is 4.14. The van der Waals surface area contributed by atoms with Crippen molar-refractivity contribution >= 4 is 5.91 Å². The van der Waals surface area contributed by atoms with Gasteiger partial charge in [-0.2, -0.15) is 0 Å². The van der Waals surface area contributed by atoms with E-state index in [4.69, 9.17) is 0 Å². The number of pyridine rings is 1. The number of nitrogens with zero attached hydrogens (tertiary/aromatic N) is 3. The van der Waals surface area contributed by atoms with E-state index in [1.165, 1.54) is 12.0 Å². The minimum absolute atomic E-state index is 0.266. The fourth-order valence-electron chi connectivity index (χ4n) is 4.17. The van der Waals surface area contributed by atoms with Gasteiger partial charge in [-0.15, -0.1) is 0 Å². The molecule has 1 aliphatic heterocycles. The van der Waals surface area contributed by atoms with E-state index in [1.54, 1.807) is 0 Å². The Balaban J connectivity index is 1.30. The second-order valence-electron chi connectivity index (χ2n) is 6.84. The summed E-state index contributed by atoms with van der Waals surface area (Å²) in [7, 11) is 0. The Bertz CT molecular complexity index is 563. The summed E-state index contributed by atoms with van der Waals surface area (Å²) < 4.78 is 0. The van der Waals surface area contributed by atoms with Gasteiger partial charge >= 0.3 is 0 Å². The van der Waals surface area contributed by atoms with E-state index in [0.717, 1.165) is 39.1 Å². The Hall–Kier alpha value is -1.68. The van der Waals surface area contributed by atoms with Crippen molar-refractivity contribution in [3.63, 3.8) is 0 Å². The van der Waals surface area contributed by atoms with Crippen LogP contribution >= 0.6 is 0 Å². The molecule has 2 aliphatic carbocycles. The quantitative estimate of drug-likeness (QED) is 0.800. The average molecular weight is 297 g/mol. The van der Waals surface area contributed by atoms with Gasteiger partial charge in [-0.1, -0.05) is 12.2 Å². The molecule has 3 aliphatic rings. The van der Waals surface area contributed by atoms with Crippen molar-refractivity contribution in [2.75, 3.05) is 26.2 Å². The first-order chi connectivity index (χ1) is 10.8. The maximum Gasteiger partial charge on any atom is 0.226 e. The molecule has 0 N–H and O–H groups in total. The standard InChI is InChI=1S/C18H23N3O/c22-18(17-12-15-1-2-16(17)11-15)21-9-7-20(8-10-21)13-14-3-5-19-6-4-14/h1-6,15-17H,7-13H2. The first-order valence-corrected chi connectivity index (χ1v) is 8.38. The molecule has 3 unspecified atom stereocenters.